The van der Waals surface area contributed by atoms with Crippen molar-refractivity contribution >= 4 is 46.3 Å². The predicted molar refractivity (Wildman–Crippen MR) is 156 cm³/mol. The topological polar surface area (TPSA) is 84.7 Å². The van der Waals surface area contributed by atoms with E-state index >= 15 is 0 Å². The van der Waals surface area contributed by atoms with E-state index in [0.29, 0.717) is 33.7 Å². The molecule has 0 unspecified atom stereocenters. The number of benzene rings is 3. The Morgan fingerprint density at radius 3 is 2.48 bits per heavy atom. The van der Waals surface area contributed by atoms with Crippen LogP contribution in [0, 0.1) is 5.82 Å². The fraction of sp³-hybridized carbons (Fsp3) is 0.133. The summed E-state index contributed by atoms with van der Waals surface area (Å²) in [7, 11) is 0. The number of halogens is 1. The summed E-state index contributed by atoms with van der Waals surface area (Å²) in [5.74, 6) is -0.798. The summed E-state index contributed by atoms with van der Waals surface area (Å²) in [4.78, 5) is 25.9. The van der Waals surface area contributed by atoms with Crippen molar-refractivity contribution in [2.75, 3.05) is 6.54 Å². The van der Waals surface area contributed by atoms with Crippen molar-refractivity contribution in [2.24, 2.45) is 0 Å². The fourth-order valence-electron chi connectivity index (χ4n) is 4.11. The number of carbonyl (C=O) groups excluding carboxylic acids is 1. The molecule has 40 heavy (non-hydrogen) atoms. The Morgan fingerprint density at radius 1 is 1.05 bits per heavy atom. The van der Waals surface area contributed by atoms with Gasteiger partial charge in [-0.15, -0.1) is 0 Å². The number of hydrogen-bond donors (Lipinski definition) is 1. The SMILES string of the molecule is O=C(O)CCCN1C(=O)/C(=C/c2cn(-c3ccccc3)nc2-c2ccc(OCc3ccc(F)cc3)cc2)SC1=S. The number of thioether (sulfide) groups is 1. The van der Waals surface area contributed by atoms with Gasteiger partial charge in [-0.2, -0.15) is 5.10 Å². The second-order valence-electron chi connectivity index (χ2n) is 8.98. The zero-order valence-corrected chi connectivity index (χ0v) is 22.8. The molecule has 0 aliphatic carbocycles. The highest BCUT2D eigenvalue weighted by molar-refractivity contribution is 8.26. The van der Waals surface area contributed by atoms with Gasteiger partial charge in [0.15, 0.2) is 0 Å². The number of carboxylic acids is 1. The van der Waals surface area contributed by atoms with Crippen LogP contribution >= 0.6 is 24.0 Å². The van der Waals surface area contributed by atoms with Crippen LogP contribution in [0.15, 0.2) is 90.0 Å². The van der Waals surface area contributed by atoms with E-state index in [4.69, 9.17) is 27.2 Å². The number of ether oxygens (including phenoxy) is 1. The number of carbonyl (C=O) groups is 2. The molecule has 3 aromatic carbocycles. The molecule has 5 rings (SSSR count). The molecular weight excluding hydrogens is 549 g/mol. The maximum atomic E-state index is 13.2. The Morgan fingerprint density at radius 2 is 1.77 bits per heavy atom. The minimum atomic E-state index is -0.911. The predicted octanol–water partition coefficient (Wildman–Crippen LogP) is 6.32. The number of carboxylic acid groups (broad SMARTS) is 1. The van der Waals surface area contributed by atoms with Gasteiger partial charge in [0.05, 0.1) is 16.3 Å². The number of para-hydroxylation sites is 1. The largest absolute Gasteiger partial charge is 0.489 e. The van der Waals surface area contributed by atoms with Crippen molar-refractivity contribution in [3.63, 3.8) is 0 Å². The Labute approximate surface area is 239 Å². The summed E-state index contributed by atoms with van der Waals surface area (Å²) in [6.45, 7) is 0.561. The first-order valence-corrected chi connectivity index (χ1v) is 13.7. The molecule has 1 aliphatic heterocycles. The first kappa shape index (κ1) is 27.3. The molecule has 0 bridgehead atoms. The molecule has 0 spiro atoms. The minimum Gasteiger partial charge on any atom is -0.489 e. The molecular formula is C30H24FN3O4S2. The highest BCUT2D eigenvalue weighted by Crippen LogP contribution is 2.35. The second kappa shape index (κ2) is 12.3. The maximum absolute atomic E-state index is 13.2. The molecule has 1 fully saturated rings. The van der Waals surface area contributed by atoms with Crippen LogP contribution in [0.1, 0.15) is 24.0 Å². The molecule has 1 aromatic heterocycles. The van der Waals surface area contributed by atoms with Crippen LogP contribution in [-0.2, 0) is 16.2 Å². The molecule has 1 aliphatic rings. The van der Waals surface area contributed by atoms with Gasteiger partial charge < -0.3 is 9.84 Å². The van der Waals surface area contributed by atoms with E-state index < -0.39 is 5.97 Å². The van der Waals surface area contributed by atoms with Gasteiger partial charge in [0.1, 0.15) is 22.5 Å². The van der Waals surface area contributed by atoms with Crippen LogP contribution in [0.4, 0.5) is 4.39 Å². The summed E-state index contributed by atoms with van der Waals surface area (Å²) in [6, 6.07) is 23.3. The lowest BCUT2D eigenvalue weighted by molar-refractivity contribution is -0.137. The highest BCUT2D eigenvalue weighted by atomic mass is 32.2. The van der Waals surface area contributed by atoms with Crippen molar-refractivity contribution < 1.29 is 23.8 Å². The molecule has 7 nitrogen and oxygen atoms in total. The number of nitrogens with zero attached hydrogens (tertiary/aromatic N) is 3. The van der Waals surface area contributed by atoms with Crippen molar-refractivity contribution in [3.05, 3.63) is 107 Å². The minimum absolute atomic E-state index is 0.0340. The average Bonchev–Trinajstić information content (AvgIpc) is 3.49. The normalized spacial score (nSPS) is 14.2. The summed E-state index contributed by atoms with van der Waals surface area (Å²) >= 11 is 6.60. The van der Waals surface area contributed by atoms with Crippen LogP contribution in [-0.4, -0.2) is 42.5 Å². The third kappa shape index (κ3) is 6.47. The highest BCUT2D eigenvalue weighted by Gasteiger charge is 2.32. The van der Waals surface area contributed by atoms with E-state index in [9.17, 15) is 14.0 Å². The third-order valence-corrected chi connectivity index (χ3v) is 7.52. The summed E-state index contributed by atoms with van der Waals surface area (Å²) in [6.07, 6.45) is 3.92. The monoisotopic (exact) mass is 573 g/mol. The van der Waals surface area contributed by atoms with Gasteiger partial charge in [-0.05, 0) is 66.6 Å². The molecule has 0 atom stereocenters. The average molecular weight is 574 g/mol. The summed E-state index contributed by atoms with van der Waals surface area (Å²) < 4.78 is 21.2. The number of aromatic nitrogens is 2. The lowest BCUT2D eigenvalue weighted by Gasteiger charge is -2.13. The maximum Gasteiger partial charge on any atom is 0.303 e. The second-order valence-corrected chi connectivity index (χ2v) is 10.7. The molecule has 0 saturated carbocycles. The van der Waals surface area contributed by atoms with Crippen LogP contribution in [0.25, 0.3) is 23.0 Å². The standard InChI is InChI=1S/C30H24FN3O4S2/c31-23-12-8-20(9-13-23)19-38-25-14-10-21(11-15-25)28-22(18-34(32-28)24-5-2-1-3-6-24)17-26-29(37)33(30(39)40-26)16-4-7-27(35)36/h1-3,5-6,8-15,17-18H,4,7,16,19H2,(H,35,36)/b26-17-. The number of amides is 1. The first-order valence-electron chi connectivity index (χ1n) is 12.5. The van der Waals surface area contributed by atoms with E-state index in [0.717, 1.165) is 22.4 Å². The van der Waals surface area contributed by atoms with Crippen LogP contribution in [0.5, 0.6) is 5.75 Å². The van der Waals surface area contributed by atoms with Gasteiger partial charge in [-0.1, -0.05) is 54.3 Å². The quantitative estimate of drug-likeness (QED) is 0.175. The van der Waals surface area contributed by atoms with E-state index in [1.807, 2.05) is 60.8 Å². The van der Waals surface area contributed by atoms with E-state index in [1.165, 1.54) is 28.8 Å². The van der Waals surface area contributed by atoms with Gasteiger partial charge in [0.25, 0.3) is 5.91 Å². The van der Waals surface area contributed by atoms with Gasteiger partial charge >= 0.3 is 5.97 Å². The van der Waals surface area contributed by atoms with Crippen LogP contribution in [0.2, 0.25) is 0 Å². The van der Waals surface area contributed by atoms with E-state index in [2.05, 4.69) is 0 Å². The Kier molecular flexibility index (Phi) is 8.37. The Balaban J connectivity index is 1.40. The number of thiocarbonyl (C=S) groups is 1. The van der Waals surface area contributed by atoms with Crippen molar-refractivity contribution in [2.45, 2.75) is 19.4 Å². The third-order valence-electron chi connectivity index (χ3n) is 6.14. The first-order chi connectivity index (χ1) is 19.4. The molecule has 0 radical (unpaired) electrons. The molecule has 1 amide bonds. The molecule has 202 valence electrons. The molecule has 1 saturated heterocycles. The van der Waals surface area contributed by atoms with E-state index in [-0.39, 0.29) is 24.7 Å². The fourth-order valence-corrected chi connectivity index (χ4v) is 5.41. The number of hydrogen-bond acceptors (Lipinski definition) is 6. The molecule has 10 heteroatoms. The van der Waals surface area contributed by atoms with Crippen LogP contribution < -0.4 is 4.74 Å². The lowest BCUT2D eigenvalue weighted by atomic mass is 10.1. The van der Waals surface area contributed by atoms with Crippen LogP contribution in [0.3, 0.4) is 0 Å². The molecule has 4 aromatic rings. The lowest BCUT2D eigenvalue weighted by Crippen LogP contribution is -2.29. The molecule has 2 heterocycles. The summed E-state index contributed by atoms with van der Waals surface area (Å²) in [5.41, 5.74) is 3.95. The van der Waals surface area contributed by atoms with Crippen molar-refractivity contribution in [1.29, 1.82) is 0 Å². The Hall–Kier alpha value is -4.28. The summed E-state index contributed by atoms with van der Waals surface area (Å²) in [5, 5.41) is 13.7. The molecule has 1 N–H and O–H groups in total. The smallest absolute Gasteiger partial charge is 0.303 e. The Bertz CT molecular complexity index is 1570. The van der Waals surface area contributed by atoms with Crippen molar-refractivity contribution in [1.82, 2.24) is 14.7 Å². The van der Waals surface area contributed by atoms with Gasteiger partial charge in [0, 0.05) is 30.3 Å². The number of aliphatic carboxylic acids is 1. The zero-order chi connectivity index (χ0) is 28.1. The van der Waals surface area contributed by atoms with E-state index in [1.54, 1.807) is 22.9 Å². The van der Waals surface area contributed by atoms with Gasteiger partial charge in [-0.3, -0.25) is 14.5 Å². The van der Waals surface area contributed by atoms with Gasteiger partial charge in [0.2, 0.25) is 0 Å². The zero-order valence-electron chi connectivity index (χ0n) is 21.2. The van der Waals surface area contributed by atoms with Gasteiger partial charge in [-0.25, -0.2) is 9.07 Å². The number of rotatable bonds is 10. The van der Waals surface area contributed by atoms with Crippen molar-refractivity contribution in [3.8, 4) is 22.7 Å².